The molecule has 2 aromatic rings. The van der Waals surface area contributed by atoms with Gasteiger partial charge >= 0.3 is 0 Å². The molecule has 1 fully saturated rings. The first kappa shape index (κ1) is 18.2. The van der Waals surface area contributed by atoms with E-state index in [1.54, 1.807) is 12.1 Å². The number of rotatable bonds is 4. The standard InChI is InChI=1S/C21H21FN4O2/c22-17-2-1-3-18-19(17)16(21(28)25-18)12-24-14-4-6-15(7-5-14)26-10-8-13(9-11-26)20(23)27/h1-7,12-13,16H,8-11H2,(H2,23,27)(H,25,28). The number of nitrogens with zero attached hydrogens (tertiary/aromatic N) is 2. The van der Waals surface area contributed by atoms with Crippen molar-refractivity contribution in [2.24, 2.45) is 16.6 Å². The van der Waals surface area contributed by atoms with E-state index in [9.17, 15) is 14.0 Å². The van der Waals surface area contributed by atoms with E-state index in [0.717, 1.165) is 31.6 Å². The highest BCUT2D eigenvalue weighted by molar-refractivity contribution is 6.12. The molecule has 1 atom stereocenters. The fourth-order valence-electron chi connectivity index (χ4n) is 3.78. The minimum Gasteiger partial charge on any atom is -0.371 e. The number of fused-ring (bicyclic) bond motifs is 1. The summed E-state index contributed by atoms with van der Waals surface area (Å²) in [4.78, 5) is 30.0. The second-order valence-electron chi connectivity index (χ2n) is 7.13. The number of nitrogens with two attached hydrogens (primary N) is 1. The molecule has 2 aromatic carbocycles. The lowest BCUT2D eigenvalue weighted by Crippen LogP contribution is -2.38. The van der Waals surface area contributed by atoms with Crippen molar-refractivity contribution in [3.63, 3.8) is 0 Å². The Hall–Kier alpha value is -3.22. The van der Waals surface area contributed by atoms with Crippen molar-refractivity contribution in [2.45, 2.75) is 18.8 Å². The van der Waals surface area contributed by atoms with Gasteiger partial charge in [-0.25, -0.2) is 4.39 Å². The van der Waals surface area contributed by atoms with Gasteiger partial charge in [0.15, 0.2) is 0 Å². The third-order valence-electron chi connectivity index (χ3n) is 5.39. The number of primary amides is 1. The molecule has 0 bridgehead atoms. The molecule has 144 valence electrons. The molecule has 28 heavy (non-hydrogen) atoms. The van der Waals surface area contributed by atoms with Gasteiger partial charge in [-0.3, -0.25) is 14.6 Å². The Bertz CT molecular complexity index is 934. The van der Waals surface area contributed by atoms with E-state index in [-0.39, 0.29) is 17.7 Å². The van der Waals surface area contributed by atoms with Crippen LogP contribution in [0.3, 0.4) is 0 Å². The van der Waals surface area contributed by atoms with E-state index < -0.39 is 11.7 Å². The average molecular weight is 380 g/mol. The maximum Gasteiger partial charge on any atom is 0.237 e. The first-order valence-corrected chi connectivity index (χ1v) is 9.31. The fraction of sp³-hybridized carbons (Fsp3) is 0.286. The number of hydrogen-bond acceptors (Lipinski definition) is 4. The van der Waals surface area contributed by atoms with Gasteiger partial charge in [-0.15, -0.1) is 0 Å². The monoisotopic (exact) mass is 380 g/mol. The molecule has 6 nitrogen and oxygen atoms in total. The Balaban J connectivity index is 1.45. The molecule has 0 radical (unpaired) electrons. The van der Waals surface area contributed by atoms with Crippen molar-refractivity contribution in [3.05, 3.63) is 53.8 Å². The number of halogens is 1. The Morgan fingerprint density at radius 3 is 2.57 bits per heavy atom. The molecule has 7 heteroatoms. The van der Waals surface area contributed by atoms with Crippen molar-refractivity contribution >= 4 is 35.1 Å². The van der Waals surface area contributed by atoms with E-state index in [2.05, 4.69) is 15.2 Å². The zero-order chi connectivity index (χ0) is 19.7. The molecule has 2 aliphatic heterocycles. The average Bonchev–Trinajstić information content (AvgIpc) is 3.03. The molecule has 3 N–H and O–H groups in total. The van der Waals surface area contributed by atoms with E-state index in [1.165, 1.54) is 12.3 Å². The van der Waals surface area contributed by atoms with Crippen LogP contribution in [0.15, 0.2) is 47.5 Å². The van der Waals surface area contributed by atoms with Crippen LogP contribution in [0.5, 0.6) is 0 Å². The molecular weight excluding hydrogens is 359 g/mol. The lowest BCUT2D eigenvalue weighted by Gasteiger charge is -2.32. The van der Waals surface area contributed by atoms with Crippen LogP contribution in [0.4, 0.5) is 21.5 Å². The molecule has 0 aliphatic carbocycles. The highest BCUT2D eigenvalue weighted by Crippen LogP contribution is 2.34. The number of aliphatic imine (C=N–C) groups is 1. The Kier molecular flexibility index (Phi) is 4.81. The third kappa shape index (κ3) is 3.47. The van der Waals surface area contributed by atoms with Crippen LogP contribution in [0, 0.1) is 11.7 Å². The molecule has 0 spiro atoms. The summed E-state index contributed by atoms with van der Waals surface area (Å²) >= 11 is 0. The predicted octanol–water partition coefficient (Wildman–Crippen LogP) is 2.97. The van der Waals surface area contributed by atoms with Crippen molar-refractivity contribution < 1.29 is 14.0 Å². The number of carbonyl (C=O) groups excluding carboxylic acids is 2. The molecule has 1 saturated heterocycles. The summed E-state index contributed by atoms with van der Waals surface area (Å²) in [5.41, 5.74) is 7.96. The van der Waals surface area contributed by atoms with Crippen LogP contribution in [0.25, 0.3) is 0 Å². The second kappa shape index (κ2) is 7.42. The first-order chi connectivity index (χ1) is 13.5. The number of amides is 2. The summed E-state index contributed by atoms with van der Waals surface area (Å²) in [5.74, 6) is -1.69. The summed E-state index contributed by atoms with van der Waals surface area (Å²) in [6, 6.07) is 12.2. The summed E-state index contributed by atoms with van der Waals surface area (Å²) in [6.07, 6.45) is 3.01. The van der Waals surface area contributed by atoms with Crippen LogP contribution < -0.4 is 16.0 Å². The van der Waals surface area contributed by atoms with Gasteiger partial charge < -0.3 is 16.0 Å². The summed E-state index contributed by atoms with van der Waals surface area (Å²) in [7, 11) is 0. The summed E-state index contributed by atoms with van der Waals surface area (Å²) in [5, 5.41) is 2.68. The van der Waals surface area contributed by atoms with Crippen molar-refractivity contribution in [1.29, 1.82) is 0 Å². The number of anilines is 2. The zero-order valence-corrected chi connectivity index (χ0v) is 15.3. The van der Waals surface area contributed by atoms with Gasteiger partial charge in [-0.05, 0) is 49.2 Å². The SMILES string of the molecule is NC(=O)C1CCN(c2ccc(N=CC3C(=O)Nc4cccc(F)c43)cc2)CC1. The van der Waals surface area contributed by atoms with E-state index in [4.69, 9.17) is 5.73 Å². The van der Waals surface area contributed by atoms with Gasteiger partial charge in [0.1, 0.15) is 11.7 Å². The Morgan fingerprint density at radius 2 is 1.89 bits per heavy atom. The second-order valence-corrected chi connectivity index (χ2v) is 7.13. The third-order valence-corrected chi connectivity index (χ3v) is 5.39. The van der Waals surface area contributed by atoms with Gasteiger partial charge in [0.2, 0.25) is 11.8 Å². The minimum absolute atomic E-state index is 0.0408. The van der Waals surface area contributed by atoms with Crippen LogP contribution >= 0.6 is 0 Å². The molecule has 0 saturated carbocycles. The van der Waals surface area contributed by atoms with Gasteiger partial charge in [0.25, 0.3) is 0 Å². The Morgan fingerprint density at radius 1 is 1.18 bits per heavy atom. The number of carbonyl (C=O) groups is 2. The lowest BCUT2D eigenvalue weighted by atomic mass is 9.96. The predicted molar refractivity (Wildman–Crippen MR) is 106 cm³/mol. The maximum absolute atomic E-state index is 14.1. The number of nitrogens with one attached hydrogen (secondary N) is 1. The normalized spacial score (nSPS) is 19.7. The molecule has 1 unspecified atom stereocenters. The van der Waals surface area contributed by atoms with E-state index in [0.29, 0.717) is 16.9 Å². The van der Waals surface area contributed by atoms with Crippen LogP contribution in [0.2, 0.25) is 0 Å². The van der Waals surface area contributed by atoms with Crippen molar-refractivity contribution in [1.82, 2.24) is 0 Å². The Labute approximate surface area is 162 Å². The van der Waals surface area contributed by atoms with E-state index >= 15 is 0 Å². The fourth-order valence-corrected chi connectivity index (χ4v) is 3.78. The number of piperidine rings is 1. The molecular formula is C21H21FN4O2. The smallest absolute Gasteiger partial charge is 0.237 e. The van der Waals surface area contributed by atoms with E-state index in [1.807, 2.05) is 24.3 Å². The quantitative estimate of drug-likeness (QED) is 0.800. The zero-order valence-electron chi connectivity index (χ0n) is 15.3. The molecule has 2 amide bonds. The van der Waals surface area contributed by atoms with Gasteiger partial charge in [-0.1, -0.05) is 6.07 Å². The first-order valence-electron chi connectivity index (χ1n) is 9.31. The molecule has 2 aliphatic rings. The lowest BCUT2D eigenvalue weighted by molar-refractivity contribution is -0.122. The minimum atomic E-state index is -0.733. The largest absolute Gasteiger partial charge is 0.371 e. The number of hydrogen-bond donors (Lipinski definition) is 2. The highest BCUT2D eigenvalue weighted by Gasteiger charge is 2.31. The summed E-state index contributed by atoms with van der Waals surface area (Å²) in [6.45, 7) is 1.57. The van der Waals surface area contributed by atoms with Crippen molar-refractivity contribution in [3.8, 4) is 0 Å². The molecule has 2 heterocycles. The van der Waals surface area contributed by atoms with Crippen molar-refractivity contribution in [2.75, 3.05) is 23.3 Å². The van der Waals surface area contributed by atoms with Crippen LogP contribution in [-0.2, 0) is 9.59 Å². The van der Waals surface area contributed by atoms with Gasteiger partial charge in [0.05, 0.1) is 5.69 Å². The maximum atomic E-state index is 14.1. The van der Waals surface area contributed by atoms with Gasteiger partial charge in [-0.2, -0.15) is 0 Å². The number of benzene rings is 2. The molecule has 0 aromatic heterocycles. The van der Waals surface area contributed by atoms with Gasteiger partial charge in [0, 0.05) is 42.2 Å². The van der Waals surface area contributed by atoms with Crippen LogP contribution in [0.1, 0.15) is 24.3 Å². The molecule has 4 rings (SSSR count). The van der Waals surface area contributed by atoms with Crippen LogP contribution in [-0.4, -0.2) is 31.1 Å². The highest BCUT2D eigenvalue weighted by atomic mass is 19.1. The summed E-state index contributed by atoms with van der Waals surface area (Å²) < 4.78 is 14.1. The topological polar surface area (TPSA) is 87.8 Å².